The predicted octanol–water partition coefficient (Wildman–Crippen LogP) is 3.31. The van der Waals surface area contributed by atoms with E-state index >= 15 is 0 Å². The zero-order valence-corrected chi connectivity index (χ0v) is 13.1. The van der Waals surface area contributed by atoms with E-state index in [2.05, 4.69) is 16.4 Å². The standard InChI is InChI=1S/C18H19FN4/c1-12-17(13-4-6-15(19)7-5-13)18-21-10-8-16(23(18)22-12)14-3-2-9-20-11-14/h4-8,10,14,20H,2-3,9,11H2,1H3. The van der Waals surface area contributed by atoms with Crippen LogP contribution in [0.4, 0.5) is 4.39 Å². The van der Waals surface area contributed by atoms with Gasteiger partial charge in [-0.15, -0.1) is 0 Å². The number of aryl methyl sites for hydroxylation is 1. The molecule has 2 aromatic heterocycles. The Hall–Kier alpha value is -2.27. The fraction of sp³-hybridized carbons (Fsp3) is 0.333. The maximum absolute atomic E-state index is 13.2. The Morgan fingerprint density at radius 3 is 2.78 bits per heavy atom. The third-order valence-electron chi connectivity index (χ3n) is 4.57. The van der Waals surface area contributed by atoms with Crippen molar-refractivity contribution in [3.63, 3.8) is 0 Å². The lowest BCUT2D eigenvalue weighted by molar-refractivity contribution is 0.448. The van der Waals surface area contributed by atoms with E-state index in [0.29, 0.717) is 5.92 Å². The van der Waals surface area contributed by atoms with Crippen LogP contribution in [0.2, 0.25) is 0 Å². The summed E-state index contributed by atoms with van der Waals surface area (Å²) in [5, 5.41) is 8.17. The molecule has 1 aliphatic rings. The lowest BCUT2D eigenvalue weighted by Gasteiger charge is -2.23. The fourth-order valence-corrected chi connectivity index (χ4v) is 3.44. The van der Waals surface area contributed by atoms with Gasteiger partial charge in [0.25, 0.3) is 0 Å². The first-order chi connectivity index (χ1) is 11.2. The van der Waals surface area contributed by atoms with Crippen molar-refractivity contribution >= 4 is 5.65 Å². The SMILES string of the molecule is Cc1nn2c(C3CCCNC3)ccnc2c1-c1ccc(F)cc1. The summed E-state index contributed by atoms with van der Waals surface area (Å²) in [6.07, 6.45) is 4.20. The molecule has 1 saturated heterocycles. The topological polar surface area (TPSA) is 42.2 Å². The summed E-state index contributed by atoms with van der Waals surface area (Å²) in [4.78, 5) is 4.54. The van der Waals surface area contributed by atoms with E-state index in [1.807, 2.05) is 17.6 Å². The molecule has 4 rings (SSSR count). The summed E-state index contributed by atoms with van der Waals surface area (Å²) < 4.78 is 15.2. The molecule has 1 fully saturated rings. The Balaban J connectivity index is 1.87. The van der Waals surface area contributed by atoms with Gasteiger partial charge in [0.15, 0.2) is 5.65 Å². The van der Waals surface area contributed by atoms with Gasteiger partial charge in [0.2, 0.25) is 0 Å². The molecule has 0 saturated carbocycles. The summed E-state index contributed by atoms with van der Waals surface area (Å²) in [5.74, 6) is 0.222. The van der Waals surface area contributed by atoms with Gasteiger partial charge in [0, 0.05) is 24.2 Å². The average molecular weight is 310 g/mol. The van der Waals surface area contributed by atoms with Crippen LogP contribution in [-0.4, -0.2) is 27.7 Å². The van der Waals surface area contributed by atoms with E-state index in [1.54, 1.807) is 12.1 Å². The van der Waals surface area contributed by atoms with Crippen molar-refractivity contribution in [3.8, 4) is 11.1 Å². The van der Waals surface area contributed by atoms with Crippen molar-refractivity contribution in [3.05, 3.63) is 53.7 Å². The van der Waals surface area contributed by atoms with Gasteiger partial charge in [0.1, 0.15) is 5.82 Å². The Kier molecular flexibility index (Phi) is 3.58. The maximum atomic E-state index is 13.2. The number of rotatable bonds is 2. The second-order valence-electron chi connectivity index (χ2n) is 6.12. The summed E-state index contributed by atoms with van der Waals surface area (Å²) in [6, 6.07) is 8.59. The molecule has 1 atom stereocenters. The highest BCUT2D eigenvalue weighted by atomic mass is 19.1. The van der Waals surface area contributed by atoms with E-state index in [1.165, 1.54) is 24.2 Å². The molecular formula is C18H19FN4. The number of halogens is 1. The number of piperidine rings is 1. The molecule has 118 valence electrons. The van der Waals surface area contributed by atoms with Crippen molar-refractivity contribution in [1.29, 1.82) is 0 Å². The van der Waals surface area contributed by atoms with Crippen LogP contribution in [0.5, 0.6) is 0 Å². The third kappa shape index (κ3) is 2.51. The minimum atomic E-state index is -0.232. The van der Waals surface area contributed by atoms with Crippen LogP contribution in [-0.2, 0) is 0 Å². The van der Waals surface area contributed by atoms with Crippen molar-refractivity contribution < 1.29 is 4.39 Å². The van der Waals surface area contributed by atoms with Crippen LogP contribution >= 0.6 is 0 Å². The molecule has 1 aromatic carbocycles. The molecule has 0 aliphatic carbocycles. The second kappa shape index (κ2) is 5.74. The molecule has 5 heteroatoms. The molecule has 4 nitrogen and oxygen atoms in total. The van der Waals surface area contributed by atoms with Gasteiger partial charge in [0.05, 0.1) is 11.4 Å². The predicted molar refractivity (Wildman–Crippen MR) is 88.0 cm³/mol. The van der Waals surface area contributed by atoms with E-state index < -0.39 is 0 Å². The molecule has 3 heterocycles. The van der Waals surface area contributed by atoms with Gasteiger partial charge in [-0.2, -0.15) is 5.10 Å². The third-order valence-corrected chi connectivity index (χ3v) is 4.57. The van der Waals surface area contributed by atoms with E-state index in [9.17, 15) is 4.39 Å². The first-order valence-corrected chi connectivity index (χ1v) is 8.05. The van der Waals surface area contributed by atoms with Crippen LogP contribution in [0.25, 0.3) is 16.8 Å². The van der Waals surface area contributed by atoms with E-state index in [0.717, 1.165) is 42.0 Å². The monoisotopic (exact) mass is 310 g/mol. The molecule has 0 radical (unpaired) electrons. The minimum absolute atomic E-state index is 0.232. The molecule has 3 aromatic rings. The summed E-state index contributed by atoms with van der Waals surface area (Å²) >= 11 is 0. The summed E-state index contributed by atoms with van der Waals surface area (Å²) in [6.45, 7) is 4.05. The van der Waals surface area contributed by atoms with Gasteiger partial charge >= 0.3 is 0 Å². The van der Waals surface area contributed by atoms with Crippen LogP contribution in [0.1, 0.15) is 30.1 Å². The molecule has 0 spiro atoms. The molecular weight excluding hydrogens is 291 g/mol. The molecule has 1 unspecified atom stereocenters. The van der Waals surface area contributed by atoms with Crippen molar-refractivity contribution in [2.45, 2.75) is 25.7 Å². The number of nitrogens with one attached hydrogen (secondary N) is 1. The molecule has 23 heavy (non-hydrogen) atoms. The second-order valence-corrected chi connectivity index (χ2v) is 6.12. The van der Waals surface area contributed by atoms with Gasteiger partial charge in [-0.05, 0) is 50.1 Å². The van der Waals surface area contributed by atoms with Gasteiger partial charge < -0.3 is 5.32 Å². The van der Waals surface area contributed by atoms with Gasteiger partial charge in [-0.3, -0.25) is 0 Å². The number of fused-ring (bicyclic) bond motifs is 1. The highest BCUT2D eigenvalue weighted by Gasteiger charge is 2.21. The zero-order valence-electron chi connectivity index (χ0n) is 13.1. The Labute approximate surface area is 134 Å². The highest BCUT2D eigenvalue weighted by Crippen LogP contribution is 2.30. The number of benzene rings is 1. The van der Waals surface area contributed by atoms with Crippen LogP contribution in [0, 0.1) is 12.7 Å². The maximum Gasteiger partial charge on any atom is 0.163 e. The lowest BCUT2D eigenvalue weighted by atomic mass is 9.96. The number of aromatic nitrogens is 3. The van der Waals surface area contributed by atoms with Crippen molar-refractivity contribution in [2.24, 2.45) is 0 Å². The van der Waals surface area contributed by atoms with Crippen molar-refractivity contribution in [2.75, 3.05) is 13.1 Å². The highest BCUT2D eigenvalue weighted by molar-refractivity contribution is 5.79. The quantitative estimate of drug-likeness (QED) is 0.789. The summed E-state index contributed by atoms with van der Waals surface area (Å²) in [7, 11) is 0. The molecule has 0 amide bonds. The normalized spacial score (nSPS) is 18.4. The van der Waals surface area contributed by atoms with Gasteiger partial charge in [-0.25, -0.2) is 13.9 Å². The zero-order chi connectivity index (χ0) is 15.8. The Morgan fingerprint density at radius 1 is 1.22 bits per heavy atom. The number of hydrogen-bond donors (Lipinski definition) is 1. The fourth-order valence-electron chi connectivity index (χ4n) is 3.44. The van der Waals surface area contributed by atoms with Crippen LogP contribution in [0.15, 0.2) is 36.5 Å². The van der Waals surface area contributed by atoms with Crippen LogP contribution < -0.4 is 5.32 Å². The number of nitrogens with zero attached hydrogens (tertiary/aromatic N) is 3. The molecule has 1 N–H and O–H groups in total. The van der Waals surface area contributed by atoms with E-state index in [-0.39, 0.29) is 5.82 Å². The average Bonchev–Trinajstić information content (AvgIpc) is 2.92. The lowest BCUT2D eigenvalue weighted by Crippen LogP contribution is -2.29. The first kappa shape index (κ1) is 14.3. The minimum Gasteiger partial charge on any atom is -0.316 e. The first-order valence-electron chi connectivity index (χ1n) is 8.05. The van der Waals surface area contributed by atoms with Crippen molar-refractivity contribution in [1.82, 2.24) is 19.9 Å². The molecule has 0 bridgehead atoms. The largest absolute Gasteiger partial charge is 0.316 e. The van der Waals surface area contributed by atoms with Crippen LogP contribution in [0.3, 0.4) is 0 Å². The smallest absolute Gasteiger partial charge is 0.163 e. The Bertz CT molecular complexity index is 832. The van der Waals surface area contributed by atoms with Gasteiger partial charge in [-0.1, -0.05) is 12.1 Å². The Morgan fingerprint density at radius 2 is 2.04 bits per heavy atom. The summed E-state index contributed by atoms with van der Waals surface area (Å²) in [5.41, 5.74) is 4.89. The van der Waals surface area contributed by atoms with E-state index in [4.69, 9.17) is 5.10 Å². The molecule has 1 aliphatic heterocycles. The number of hydrogen-bond acceptors (Lipinski definition) is 3.